The molecule has 1 heterocycles. The normalized spacial score (nSPS) is 8.62. The second-order valence-corrected chi connectivity index (χ2v) is 3.21. The Bertz CT molecular complexity index is 356. The van der Waals surface area contributed by atoms with Crippen molar-refractivity contribution in [2.24, 2.45) is 0 Å². The summed E-state index contributed by atoms with van der Waals surface area (Å²) >= 11 is 8.53. The molecule has 0 aliphatic heterocycles. The smallest absolute Gasteiger partial charge is 0.0659 e. The van der Waals surface area contributed by atoms with Gasteiger partial charge in [-0.05, 0) is 11.6 Å². The van der Waals surface area contributed by atoms with Gasteiger partial charge in [-0.3, -0.25) is 4.68 Å². The maximum atomic E-state index is 4.26. The Morgan fingerprint density at radius 3 is 2.25 bits per heavy atom. The Hall–Kier alpha value is -0.511. The molecule has 2 aromatic rings. The molecule has 16 heavy (non-hydrogen) atoms. The van der Waals surface area contributed by atoms with Gasteiger partial charge in [-0.15, -0.1) is 0 Å². The molecule has 0 aliphatic carbocycles. The Balaban J connectivity index is 0.000000511. The third kappa shape index (κ3) is 6.16. The van der Waals surface area contributed by atoms with Crippen LogP contribution < -0.4 is 0 Å². The first kappa shape index (κ1) is 15.5. The van der Waals surface area contributed by atoms with Gasteiger partial charge in [0.15, 0.2) is 0 Å². The number of rotatable bonds is 2. The number of hydrogen-bond donors (Lipinski definition) is 0. The van der Waals surface area contributed by atoms with Gasteiger partial charge in [0.1, 0.15) is 0 Å². The van der Waals surface area contributed by atoms with Gasteiger partial charge in [0.05, 0.1) is 30.3 Å². The van der Waals surface area contributed by atoms with E-state index in [2.05, 4.69) is 44.8 Å². The molecule has 0 atom stereocenters. The predicted octanol–water partition coefficient (Wildman–Crippen LogP) is 2.33. The molecule has 0 saturated carbocycles. The zero-order chi connectivity index (χ0) is 10.9. The minimum absolute atomic E-state index is 0. The first-order valence-electron chi connectivity index (χ1n) is 4.27. The molecule has 0 saturated heterocycles. The van der Waals surface area contributed by atoms with Crippen LogP contribution in [0.25, 0.3) is 0 Å². The Morgan fingerprint density at radius 2 is 1.75 bits per heavy atom. The van der Waals surface area contributed by atoms with Crippen LogP contribution in [-0.2, 0) is 10.4 Å². The topological polar surface area (TPSA) is 27.1 Å². The molecular formula is C10H12Cl2N2OSe. The molecule has 0 spiro atoms. The summed E-state index contributed by atoms with van der Waals surface area (Å²) in [6.07, 6.45) is 3.76. The summed E-state index contributed by atoms with van der Waals surface area (Å²) < 4.78 is 5.11. The number of halogens is 2. The van der Waals surface area contributed by atoms with Crippen LogP contribution in [0.1, 0.15) is 5.56 Å². The van der Waals surface area contributed by atoms with Gasteiger partial charge < -0.3 is 0 Å². The number of nitrogens with zero attached hydrogens (tertiary/aromatic N) is 2. The monoisotopic (exact) mass is 326 g/mol. The van der Waals surface area contributed by atoms with Crippen molar-refractivity contribution in [3.63, 3.8) is 0 Å². The minimum Gasteiger partial charge on any atom is -0.268 e. The third-order valence-electron chi connectivity index (χ3n) is 1.75. The van der Waals surface area contributed by atoms with Crippen LogP contribution >= 0.6 is 23.7 Å². The second kappa shape index (κ2) is 9.70. The molecular weight excluding hydrogens is 314 g/mol. The standard InChI is InChI=1S/C10H10N2.Cl2O.H2Se/c1-2-5-10(6-3-1)9-12-8-4-7-11-12;1-3-2;/h1-8H,9H2;;1H2. The zero-order valence-corrected chi connectivity index (χ0v) is 12.0. The van der Waals surface area contributed by atoms with Crippen molar-refractivity contribution in [2.45, 2.75) is 6.54 Å². The summed E-state index contributed by atoms with van der Waals surface area (Å²) in [5.74, 6) is 0. The van der Waals surface area contributed by atoms with E-state index in [-0.39, 0.29) is 17.1 Å². The molecule has 0 aliphatic rings. The van der Waals surface area contributed by atoms with Gasteiger partial charge in [-0.2, -0.15) is 8.94 Å². The Morgan fingerprint density at radius 1 is 1.12 bits per heavy atom. The Labute approximate surface area is 115 Å². The van der Waals surface area contributed by atoms with Gasteiger partial charge in [0.2, 0.25) is 0 Å². The molecule has 0 amide bonds. The predicted molar refractivity (Wildman–Crippen MR) is 69.1 cm³/mol. The van der Waals surface area contributed by atoms with Crippen LogP contribution in [-0.4, -0.2) is 26.8 Å². The van der Waals surface area contributed by atoms with Gasteiger partial charge in [0, 0.05) is 12.4 Å². The van der Waals surface area contributed by atoms with E-state index in [1.807, 2.05) is 35.1 Å². The third-order valence-corrected chi connectivity index (χ3v) is 1.75. The van der Waals surface area contributed by atoms with Crippen molar-refractivity contribution < 1.29 is 3.84 Å². The van der Waals surface area contributed by atoms with E-state index in [0.717, 1.165) is 6.54 Å². The molecule has 6 heteroatoms. The van der Waals surface area contributed by atoms with E-state index < -0.39 is 0 Å². The molecule has 2 rings (SSSR count). The van der Waals surface area contributed by atoms with Crippen LogP contribution in [0.4, 0.5) is 0 Å². The molecule has 0 N–H and O–H groups in total. The van der Waals surface area contributed by atoms with Crippen molar-refractivity contribution in [3.8, 4) is 0 Å². The average molecular weight is 326 g/mol. The summed E-state index contributed by atoms with van der Waals surface area (Å²) in [6.45, 7) is 0.855. The zero-order valence-electron chi connectivity index (χ0n) is 8.38. The van der Waals surface area contributed by atoms with Gasteiger partial charge in [0.25, 0.3) is 0 Å². The molecule has 3 nitrogen and oxygen atoms in total. The van der Waals surface area contributed by atoms with E-state index >= 15 is 0 Å². The summed E-state index contributed by atoms with van der Waals surface area (Å²) in [7, 11) is 0. The van der Waals surface area contributed by atoms with Crippen molar-refractivity contribution in [1.29, 1.82) is 0 Å². The molecule has 88 valence electrons. The van der Waals surface area contributed by atoms with Gasteiger partial charge in [-0.1, -0.05) is 30.3 Å². The van der Waals surface area contributed by atoms with Gasteiger partial charge >= 0.3 is 17.1 Å². The van der Waals surface area contributed by atoms with Crippen molar-refractivity contribution >= 4 is 40.8 Å². The summed E-state index contributed by atoms with van der Waals surface area (Å²) in [5, 5.41) is 4.13. The summed E-state index contributed by atoms with van der Waals surface area (Å²) in [4.78, 5) is 0. The summed E-state index contributed by atoms with van der Waals surface area (Å²) in [5.41, 5.74) is 1.28. The van der Waals surface area contributed by atoms with E-state index in [1.165, 1.54) is 5.56 Å². The van der Waals surface area contributed by atoms with E-state index in [0.29, 0.717) is 0 Å². The van der Waals surface area contributed by atoms with Crippen LogP contribution in [0.15, 0.2) is 48.8 Å². The van der Waals surface area contributed by atoms with Crippen molar-refractivity contribution in [3.05, 3.63) is 54.4 Å². The fourth-order valence-electron chi connectivity index (χ4n) is 1.16. The van der Waals surface area contributed by atoms with Gasteiger partial charge in [-0.25, -0.2) is 0 Å². The Kier molecular flexibility index (Phi) is 9.39. The van der Waals surface area contributed by atoms with E-state index in [9.17, 15) is 0 Å². The summed E-state index contributed by atoms with van der Waals surface area (Å²) in [6, 6.07) is 12.2. The number of benzene rings is 1. The van der Waals surface area contributed by atoms with Crippen molar-refractivity contribution in [2.75, 3.05) is 0 Å². The van der Waals surface area contributed by atoms with E-state index in [1.54, 1.807) is 6.20 Å². The molecule has 1 aromatic heterocycles. The second-order valence-electron chi connectivity index (χ2n) is 2.75. The number of hydrogen-bond acceptors (Lipinski definition) is 2. The first-order valence-corrected chi connectivity index (χ1v) is 4.89. The molecule has 0 radical (unpaired) electrons. The largest absolute Gasteiger partial charge is 0.268 e. The molecule has 0 unspecified atom stereocenters. The molecule has 0 bridgehead atoms. The number of aromatic nitrogens is 2. The molecule has 1 aromatic carbocycles. The SMILES string of the molecule is ClOCl.[SeH2].c1ccc(Cn2cccn2)cc1. The fraction of sp³-hybridized carbons (Fsp3) is 0.100. The fourth-order valence-corrected chi connectivity index (χ4v) is 1.16. The van der Waals surface area contributed by atoms with E-state index in [4.69, 9.17) is 0 Å². The maximum Gasteiger partial charge on any atom is 0.0659 e. The van der Waals surface area contributed by atoms with Crippen LogP contribution in [0, 0.1) is 0 Å². The van der Waals surface area contributed by atoms with Crippen molar-refractivity contribution in [1.82, 2.24) is 9.78 Å². The van der Waals surface area contributed by atoms with Crippen LogP contribution in [0.2, 0.25) is 0 Å². The quantitative estimate of drug-likeness (QED) is 0.792. The van der Waals surface area contributed by atoms with Crippen LogP contribution in [0.3, 0.4) is 0 Å². The van der Waals surface area contributed by atoms with Crippen LogP contribution in [0.5, 0.6) is 0 Å². The molecule has 0 fully saturated rings. The first-order chi connectivity index (χ1) is 7.36. The minimum atomic E-state index is 0. The average Bonchev–Trinajstić information content (AvgIpc) is 2.73. The maximum absolute atomic E-state index is 4.26.